The van der Waals surface area contributed by atoms with Crippen LogP contribution in [0.5, 0.6) is 0 Å². The van der Waals surface area contributed by atoms with Gasteiger partial charge in [0.25, 0.3) is 5.91 Å². The van der Waals surface area contributed by atoms with Gasteiger partial charge in [0.05, 0.1) is 10.5 Å². The second-order valence-electron chi connectivity index (χ2n) is 11.4. The second-order valence-corrected chi connectivity index (χ2v) is 13.3. The van der Waals surface area contributed by atoms with Crippen LogP contribution in [0.3, 0.4) is 0 Å². The first-order valence-electron chi connectivity index (χ1n) is 14.6. The summed E-state index contributed by atoms with van der Waals surface area (Å²) in [7, 11) is -2.08. The molecule has 0 unspecified atom stereocenters. The van der Waals surface area contributed by atoms with Crippen LogP contribution in [-0.4, -0.2) is 92.6 Å². The SMILES string of the molecule is CN1CCN(c2ccc(C(=O)Nc3n[nH]c4c3CN(S(=O)(=O)c3cc(F)cc(F)c3)CC4)c(NC[C@@H]3CCCN3)c2)CC1.Cl.Cl. The summed E-state index contributed by atoms with van der Waals surface area (Å²) >= 11 is 0. The molecule has 2 fully saturated rings. The number of likely N-dealkylation sites (N-methyl/N-ethyl adjacent to an activating group) is 1. The van der Waals surface area contributed by atoms with Crippen molar-refractivity contribution >= 4 is 57.9 Å². The molecule has 4 N–H and O–H groups in total. The van der Waals surface area contributed by atoms with Gasteiger partial charge in [-0.3, -0.25) is 9.89 Å². The first-order chi connectivity index (χ1) is 20.7. The molecule has 11 nitrogen and oxygen atoms in total. The third-order valence-corrected chi connectivity index (χ3v) is 10.2. The fourth-order valence-electron chi connectivity index (χ4n) is 5.88. The van der Waals surface area contributed by atoms with Crippen molar-refractivity contribution in [2.24, 2.45) is 0 Å². The van der Waals surface area contributed by atoms with E-state index >= 15 is 0 Å². The Morgan fingerprint density at radius 1 is 1.04 bits per heavy atom. The van der Waals surface area contributed by atoms with Crippen molar-refractivity contribution in [2.75, 3.05) is 68.4 Å². The van der Waals surface area contributed by atoms with Crippen molar-refractivity contribution in [3.05, 3.63) is 64.9 Å². The summed E-state index contributed by atoms with van der Waals surface area (Å²) in [6.07, 6.45) is 2.48. The number of fused-ring (bicyclic) bond motifs is 1. The Balaban J connectivity index is 0.00000230. The number of aromatic amines is 1. The van der Waals surface area contributed by atoms with Crippen molar-refractivity contribution in [2.45, 2.75) is 36.7 Å². The van der Waals surface area contributed by atoms with E-state index in [1.54, 1.807) is 0 Å². The van der Waals surface area contributed by atoms with Crippen LogP contribution in [0.2, 0.25) is 0 Å². The molecule has 6 rings (SSSR count). The molecule has 2 aromatic carbocycles. The number of halogens is 4. The third kappa shape index (κ3) is 7.69. The highest BCUT2D eigenvalue weighted by Gasteiger charge is 2.32. The zero-order valence-corrected chi connectivity index (χ0v) is 27.3. The summed E-state index contributed by atoms with van der Waals surface area (Å²) in [5, 5.41) is 17.0. The molecule has 0 bridgehead atoms. The van der Waals surface area contributed by atoms with Crippen LogP contribution in [0, 0.1) is 11.6 Å². The van der Waals surface area contributed by atoms with Gasteiger partial charge in [-0.1, -0.05) is 0 Å². The minimum atomic E-state index is -4.19. The maximum absolute atomic E-state index is 13.8. The molecule has 1 amide bonds. The molecule has 0 radical (unpaired) electrons. The zero-order valence-electron chi connectivity index (χ0n) is 24.8. The van der Waals surface area contributed by atoms with E-state index in [4.69, 9.17) is 0 Å². The number of nitrogens with one attached hydrogen (secondary N) is 4. The number of sulfonamides is 1. The molecule has 2 saturated heterocycles. The number of carbonyl (C=O) groups excluding carboxylic acids is 1. The van der Waals surface area contributed by atoms with E-state index in [0.717, 1.165) is 67.7 Å². The number of carbonyl (C=O) groups is 1. The van der Waals surface area contributed by atoms with Gasteiger partial charge in [-0.05, 0) is 56.8 Å². The van der Waals surface area contributed by atoms with Crippen LogP contribution in [0.25, 0.3) is 0 Å². The van der Waals surface area contributed by atoms with Gasteiger partial charge in [0.15, 0.2) is 5.82 Å². The van der Waals surface area contributed by atoms with Gasteiger partial charge in [0, 0.05) is 87.0 Å². The van der Waals surface area contributed by atoms with Gasteiger partial charge in [0.2, 0.25) is 10.0 Å². The monoisotopic (exact) mass is 686 g/mol. The van der Waals surface area contributed by atoms with Gasteiger partial charge in [-0.2, -0.15) is 9.40 Å². The van der Waals surface area contributed by atoms with E-state index in [0.29, 0.717) is 47.6 Å². The lowest BCUT2D eigenvalue weighted by molar-refractivity contribution is 0.102. The Morgan fingerprint density at radius 2 is 1.78 bits per heavy atom. The van der Waals surface area contributed by atoms with Gasteiger partial charge < -0.3 is 25.8 Å². The lowest BCUT2D eigenvalue weighted by atomic mass is 10.1. The van der Waals surface area contributed by atoms with Crippen molar-refractivity contribution in [1.82, 2.24) is 24.7 Å². The van der Waals surface area contributed by atoms with Crippen molar-refractivity contribution in [3.63, 3.8) is 0 Å². The average molecular weight is 688 g/mol. The number of aromatic nitrogens is 2. The second kappa shape index (κ2) is 14.6. The highest BCUT2D eigenvalue weighted by molar-refractivity contribution is 7.89. The molecule has 45 heavy (non-hydrogen) atoms. The van der Waals surface area contributed by atoms with Crippen LogP contribution >= 0.6 is 24.8 Å². The maximum atomic E-state index is 13.8. The van der Waals surface area contributed by atoms with E-state index in [2.05, 4.69) is 43.0 Å². The maximum Gasteiger partial charge on any atom is 0.258 e. The number of anilines is 3. The Labute approximate surface area is 274 Å². The van der Waals surface area contributed by atoms with Crippen molar-refractivity contribution in [1.29, 1.82) is 0 Å². The minimum absolute atomic E-state index is 0. The molecule has 1 atom stereocenters. The molecule has 246 valence electrons. The number of hydrogen-bond acceptors (Lipinski definition) is 8. The van der Waals surface area contributed by atoms with E-state index < -0.39 is 26.6 Å². The molecule has 16 heteroatoms. The largest absolute Gasteiger partial charge is 0.383 e. The number of hydrogen-bond donors (Lipinski definition) is 4. The summed E-state index contributed by atoms with van der Waals surface area (Å²) in [5.41, 5.74) is 3.41. The van der Waals surface area contributed by atoms with Crippen LogP contribution in [0.1, 0.15) is 34.5 Å². The zero-order chi connectivity index (χ0) is 30.1. The molecule has 0 aliphatic carbocycles. The molecule has 3 aliphatic heterocycles. The highest BCUT2D eigenvalue weighted by atomic mass is 35.5. The van der Waals surface area contributed by atoms with E-state index in [9.17, 15) is 22.0 Å². The number of H-pyrrole nitrogens is 1. The van der Waals surface area contributed by atoms with Crippen molar-refractivity contribution < 1.29 is 22.0 Å². The average Bonchev–Trinajstić information content (AvgIpc) is 3.66. The first kappa shape index (κ1) is 34.9. The van der Waals surface area contributed by atoms with Crippen LogP contribution in [0.4, 0.5) is 26.0 Å². The van der Waals surface area contributed by atoms with E-state index in [-0.39, 0.29) is 49.6 Å². The van der Waals surface area contributed by atoms with Crippen LogP contribution < -0.4 is 20.9 Å². The Kier molecular flexibility index (Phi) is 11.3. The van der Waals surface area contributed by atoms with Crippen LogP contribution in [-0.2, 0) is 23.0 Å². The molecule has 4 heterocycles. The first-order valence-corrected chi connectivity index (χ1v) is 16.0. The predicted molar refractivity (Wildman–Crippen MR) is 174 cm³/mol. The summed E-state index contributed by atoms with van der Waals surface area (Å²) in [4.78, 5) is 17.8. The lowest BCUT2D eigenvalue weighted by Crippen LogP contribution is -2.44. The predicted octanol–water partition coefficient (Wildman–Crippen LogP) is 3.45. The van der Waals surface area contributed by atoms with Gasteiger partial charge >= 0.3 is 0 Å². The molecule has 1 aromatic heterocycles. The van der Waals surface area contributed by atoms with E-state index in [1.165, 1.54) is 0 Å². The summed E-state index contributed by atoms with van der Waals surface area (Å²) in [6, 6.07) is 8.32. The number of piperazine rings is 1. The number of rotatable bonds is 8. The third-order valence-electron chi connectivity index (χ3n) is 8.42. The molecule has 3 aliphatic rings. The molecule has 0 saturated carbocycles. The summed E-state index contributed by atoms with van der Waals surface area (Å²) < 4.78 is 55.2. The Hall–Kier alpha value is -3.01. The lowest BCUT2D eigenvalue weighted by Gasteiger charge is -2.34. The standard InChI is InChI=1S/C29H36F2N8O3S.2ClH/c1-37-9-11-38(12-10-37)22-4-5-24(27(16-22)33-17-21-3-2-7-32-21)29(40)34-28-25-18-39(8-6-26(25)35-36-28)43(41,42)23-14-19(30)13-20(31)15-23;;/h4-5,13-16,21,32-33H,2-3,6-12,17-18H2,1H3,(H2,34,35,36,40);2*1H/t21-;;/m0../s1. The molecular weight excluding hydrogens is 649 g/mol. The fraction of sp³-hybridized carbons (Fsp3) is 0.448. The minimum Gasteiger partial charge on any atom is -0.383 e. The van der Waals surface area contributed by atoms with Gasteiger partial charge in [-0.25, -0.2) is 17.2 Å². The fourth-order valence-corrected chi connectivity index (χ4v) is 7.33. The smallest absolute Gasteiger partial charge is 0.258 e. The van der Waals surface area contributed by atoms with Gasteiger partial charge in [-0.15, -0.1) is 24.8 Å². The topological polar surface area (TPSA) is 126 Å². The number of nitrogens with zero attached hydrogens (tertiary/aromatic N) is 4. The molecule has 3 aromatic rings. The quantitative estimate of drug-likeness (QED) is 0.284. The summed E-state index contributed by atoms with van der Waals surface area (Å²) in [5.74, 6) is -2.11. The van der Waals surface area contributed by atoms with Crippen molar-refractivity contribution in [3.8, 4) is 0 Å². The molecule has 0 spiro atoms. The Morgan fingerprint density at radius 3 is 2.47 bits per heavy atom. The highest BCUT2D eigenvalue weighted by Crippen LogP contribution is 2.31. The molecular formula is C29H38Cl2F2N8O3S. The van der Waals surface area contributed by atoms with E-state index in [1.807, 2.05) is 18.2 Å². The Bertz CT molecular complexity index is 1590. The normalized spacial score (nSPS) is 18.9. The summed E-state index contributed by atoms with van der Waals surface area (Å²) in [6.45, 7) is 5.36. The van der Waals surface area contributed by atoms with Gasteiger partial charge in [0.1, 0.15) is 11.6 Å². The number of amides is 1. The van der Waals surface area contributed by atoms with Crippen LogP contribution in [0.15, 0.2) is 41.3 Å². The number of benzene rings is 2.